The lowest BCUT2D eigenvalue weighted by Crippen LogP contribution is -2.34. The van der Waals surface area contributed by atoms with Crippen LogP contribution in [0.5, 0.6) is 11.5 Å². The van der Waals surface area contributed by atoms with Crippen LogP contribution in [0.15, 0.2) is 48.5 Å². The molecule has 0 saturated heterocycles. The summed E-state index contributed by atoms with van der Waals surface area (Å²) < 4.78 is 19.1. The Morgan fingerprint density at radius 1 is 1.15 bits per heavy atom. The van der Waals surface area contributed by atoms with Crippen LogP contribution in [0, 0.1) is 6.92 Å². The molecular weight excluding hydrogens is 516 g/mol. The van der Waals surface area contributed by atoms with Crippen LogP contribution < -0.4 is 9.47 Å². The zero-order valence-corrected chi connectivity index (χ0v) is 24.5. The van der Waals surface area contributed by atoms with Crippen molar-refractivity contribution in [2.24, 2.45) is 7.05 Å². The number of carbonyl (C=O) groups excluding carboxylic acids is 1. The molecular formula is C33H38N4O4. The molecule has 1 aliphatic carbocycles. The van der Waals surface area contributed by atoms with Gasteiger partial charge in [-0.05, 0) is 66.1 Å². The highest BCUT2D eigenvalue weighted by Crippen LogP contribution is 2.43. The fraction of sp³-hybridized carbons (Fsp3) is 0.424. The van der Waals surface area contributed by atoms with E-state index in [-0.39, 0.29) is 30.5 Å². The quantitative estimate of drug-likeness (QED) is 0.274. The number of fused-ring (bicyclic) bond motifs is 3. The van der Waals surface area contributed by atoms with E-state index >= 15 is 0 Å². The maximum absolute atomic E-state index is 12.8. The van der Waals surface area contributed by atoms with Crippen molar-refractivity contribution in [3.63, 3.8) is 0 Å². The number of aryl methyl sites for hydroxylation is 3. The first-order chi connectivity index (χ1) is 19.9. The summed E-state index contributed by atoms with van der Waals surface area (Å²) in [7, 11) is 4.96. The van der Waals surface area contributed by atoms with E-state index in [0.717, 1.165) is 65.8 Å². The summed E-state index contributed by atoms with van der Waals surface area (Å²) in [6, 6.07) is 17.5. The van der Waals surface area contributed by atoms with Crippen molar-refractivity contribution in [2.45, 2.75) is 64.1 Å². The second-order valence-electron chi connectivity index (χ2n) is 11.2. The number of carbonyl (C=O) groups is 1. The molecule has 41 heavy (non-hydrogen) atoms. The van der Waals surface area contributed by atoms with E-state index in [9.17, 15) is 4.79 Å². The van der Waals surface area contributed by atoms with Crippen LogP contribution in [-0.4, -0.2) is 52.7 Å². The first-order valence-corrected chi connectivity index (χ1v) is 14.5. The van der Waals surface area contributed by atoms with Gasteiger partial charge in [0.1, 0.15) is 28.6 Å². The van der Waals surface area contributed by atoms with Gasteiger partial charge in [0.2, 0.25) is 0 Å². The van der Waals surface area contributed by atoms with Gasteiger partial charge < -0.3 is 14.2 Å². The average Bonchev–Trinajstić information content (AvgIpc) is 3.54. The summed E-state index contributed by atoms with van der Waals surface area (Å²) >= 11 is 0. The summed E-state index contributed by atoms with van der Waals surface area (Å²) in [5, 5.41) is 8.67. The van der Waals surface area contributed by atoms with Gasteiger partial charge >= 0.3 is 5.97 Å². The van der Waals surface area contributed by atoms with Gasteiger partial charge in [-0.1, -0.05) is 48.5 Å². The molecule has 4 aromatic rings. The molecule has 1 aromatic heterocycles. The molecule has 8 nitrogen and oxygen atoms in total. The number of nitrogens with zero attached hydrogens (tertiary/aromatic N) is 4. The van der Waals surface area contributed by atoms with E-state index in [1.54, 1.807) is 11.8 Å². The van der Waals surface area contributed by atoms with Crippen LogP contribution >= 0.6 is 0 Å². The van der Waals surface area contributed by atoms with E-state index in [1.807, 2.05) is 20.0 Å². The molecule has 0 N–H and O–H groups in total. The Hall–Kier alpha value is -3.91. The second-order valence-corrected chi connectivity index (χ2v) is 11.2. The Morgan fingerprint density at radius 3 is 2.76 bits per heavy atom. The van der Waals surface area contributed by atoms with Crippen LogP contribution in [0.3, 0.4) is 0 Å². The number of hydrogen-bond donors (Lipinski definition) is 0. The summed E-state index contributed by atoms with van der Waals surface area (Å²) in [6.45, 7) is 5.97. The molecule has 3 atom stereocenters. The predicted molar refractivity (Wildman–Crippen MR) is 157 cm³/mol. The van der Waals surface area contributed by atoms with Gasteiger partial charge in [0, 0.05) is 37.7 Å². The first-order valence-electron chi connectivity index (χ1n) is 14.5. The fourth-order valence-electron chi connectivity index (χ4n) is 6.67. The number of hydrogen-bond acceptors (Lipinski definition) is 7. The monoisotopic (exact) mass is 554 g/mol. The molecule has 8 heteroatoms. The highest BCUT2D eigenvalue weighted by molar-refractivity contribution is 5.86. The van der Waals surface area contributed by atoms with Gasteiger partial charge in [0.05, 0.1) is 20.6 Å². The van der Waals surface area contributed by atoms with Crippen molar-refractivity contribution in [1.82, 2.24) is 19.9 Å². The Kier molecular flexibility index (Phi) is 7.43. The Bertz CT molecular complexity index is 1600. The van der Waals surface area contributed by atoms with Crippen molar-refractivity contribution >= 4 is 17.0 Å². The van der Waals surface area contributed by atoms with E-state index in [0.29, 0.717) is 5.75 Å². The molecule has 6 rings (SSSR count). The van der Waals surface area contributed by atoms with Crippen molar-refractivity contribution in [1.29, 1.82) is 0 Å². The molecule has 2 unspecified atom stereocenters. The number of esters is 1. The van der Waals surface area contributed by atoms with Crippen LogP contribution in [0.1, 0.15) is 71.5 Å². The average molecular weight is 555 g/mol. The van der Waals surface area contributed by atoms with Crippen LogP contribution in [-0.2, 0) is 29.5 Å². The summed E-state index contributed by atoms with van der Waals surface area (Å²) in [6.07, 6.45) is 3.43. The predicted octanol–water partition coefficient (Wildman–Crippen LogP) is 5.64. The molecule has 0 fully saturated rings. The molecule has 0 saturated carbocycles. The van der Waals surface area contributed by atoms with E-state index < -0.39 is 0 Å². The SMILES string of the molecule is CC[C@@H]1CN(C2CCc3ccc(C(CC(=O)OC)c4cc(OC)c5c(nnn5C)c4C)cc32)Cc2ccccc2O1. The number of aromatic nitrogens is 3. The number of methoxy groups -OCH3 is 2. The second kappa shape index (κ2) is 11.2. The molecule has 3 aromatic carbocycles. The largest absolute Gasteiger partial charge is 0.494 e. The van der Waals surface area contributed by atoms with Crippen LogP contribution in [0.25, 0.3) is 11.0 Å². The zero-order valence-electron chi connectivity index (χ0n) is 24.5. The number of benzene rings is 3. The number of rotatable bonds is 7. The van der Waals surface area contributed by atoms with Gasteiger partial charge in [0.25, 0.3) is 0 Å². The minimum absolute atomic E-state index is 0.145. The molecule has 2 heterocycles. The summed E-state index contributed by atoms with van der Waals surface area (Å²) in [4.78, 5) is 15.4. The fourth-order valence-corrected chi connectivity index (χ4v) is 6.67. The number of ether oxygens (including phenoxy) is 3. The van der Waals surface area contributed by atoms with Gasteiger partial charge in [-0.25, -0.2) is 4.68 Å². The normalized spacial score (nSPS) is 19.2. The lowest BCUT2D eigenvalue weighted by molar-refractivity contribution is -0.140. The third-order valence-corrected chi connectivity index (χ3v) is 8.92. The lowest BCUT2D eigenvalue weighted by Gasteiger charge is -2.30. The Balaban J connectivity index is 1.42. The molecule has 214 valence electrons. The van der Waals surface area contributed by atoms with Gasteiger partial charge in [-0.2, -0.15) is 0 Å². The standard InChI is InChI=1S/C33H38N4O4/c1-6-24-19-37(18-23-9-7-8-10-29(23)41-24)28-14-13-21-11-12-22(15-27(21)28)26(17-31(38)40-5)25-16-30(39-4)33-32(20(25)2)34-35-36(33)3/h7-12,15-16,24,26,28H,6,13-14,17-19H2,1-5H3/t24-,26?,28?/m1/s1. The van der Waals surface area contributed by atoms with E-state index in [1.165, 1.54) is 23.8 Å². The maximum atomic E-state index is 12.8. The maximum Gasteiger partial charge on any atom is 0.306 e. The molecule has 0 radical (unpaired) electrons. The summed E-state index contributed by atoms with van der Waals surface area (Å²) in [5.41, 5.74) is 8.66. The van der Waals surface area contributed by atoms with Crippen LogP contribution in [0.4, 0.5) is 0 Å². The zero-order chi connectivity index (χ0) is 28.7. The van der Waals surface area contributed by atoms with Crippen LogP contribution in [0.2, 0.25) is 0 Å². The van der Waals surface area contributed by atoms with E-state index in [2.05, 4.69) is 64.6 Å². The first kappa shape index (κ1) is 27.3. The highest BCUT2D eigenvalue weighted by Gasteiger charge is 2.34. The van der Waals surface area contributed by atoms with E-state index in [4.69, 9.17) is 14.2 Å². The Morgan fingerprint density at radius 2 is 1.98 bits per heavy atom. The number of para-hydroxylation sites is 1. The minimum atomic E-state index is -0.253. The molecule has 0 bridgehead atoms. The van der Waals surface area contributed by atoms with Gasteiger partial charge in [-0.3, -0.25) is 9.69 Å². The summed E-state index contributed by atoms with van der Waals surface area (Å²) in [5.74, 6) is 1.22. The van der Waals surface area contributed by atoms with Gasteiger partial charge in [-0.15, -0.1) is 5.10 Å². The third kappa shape index (κ3) is 4.95. The highest BCUT2D eigenvalue weighted by atomic mass is 16.5. The third-order valence-electron chi connectivity index (χ3n) is 8.92. The van der Waals surface area contributed by atoms with Crippen molar-refractivity contribution in [3.05, 3.63) is 81.9 Å². The smallest absolute Gasteiger partial charge is 0.306 e. The minimum Gasteiger partial charge on any atom is -0.494 e. The molecule has 1 aliphatic heterocycles. The lowest BCUT2D eigenvalue weighted by atomic mass is 9.84. The molecule has 2 aliphatic rings. The van der Waals surface area contributed by atoms with Gasteiger partial charge in [0.15, 0.2) is 0 Å². The molecule has 0 amide bonds. The topological polar surface area (TPSA) is 78.7 Å². The van der Waals surface area contributed by atoms with Crippen molar-refractivity contribution in [3.8, 4) is 11.5 Å². The van der Waals surface area contributed by atoms with Crippen molar-refractivity contribution in [2.75, 3.05) is 20.8 Å². The molecule has 0 spiro atoms. The van der Waals surface area contributed by atoms with Crippen molar-refractivity contribution < 1.29 is 19.0 Å². The Labute approximate surface area is 241 Å².